The Kier molecular flexibility index (Phi) is 4.42. The summed E-state index contributed by atoms with van der Waals surface area (Å²) < 4.78 is 5.15. The van der Waals surface area contributed by atoms with E-state index >= 15 is 0 Å². The van der Waals surface area contributed by atoms with Crippen molar-refractivity contribution in [2.45, 2.75) is 13.0 Å². The maximum absolute atomic E-state index is 11.7. The van der Waals surface area contributed by atoms with E-state index in [0.717, 1.165) is 5.56 Å². The van der Waals surface area contributed by atoms with E-state index in [0.29, 0.717) is 10.8 Å². The highest BCUT2D eigenvalue weighted by Gasteiger charge is 2.11. The van der Waals surface area contributed by atoms with Crippen LogP contribution in [0.4, 0.5) is 4.79 Å². The zero-order chi connectivity index (χ0) is 13.7. The molecule has 1 unspecified atom stereocenters. The number of para-hydroxylation sites is 1. The van der Waals surface area contributed by atoms with Gasteiger partial charge in [0.05, 0.1) is 6.04 Å². The van der Waals surface area contributed by atoms with Crippen molar-refractivity contribution in [3.05, 3.63) is 65.2 Å². The number of carbonyl (C=O) groups is 1. The molecule has 19 heavy (non-hydrogen) atoms. The molecule has 0 aliphatic rings. The van der Waals surface area contributed by atoms with Crippen molar-refractivity contribution in [2.75, 3.05) is 0 Å². The van der Waals surface area contributed by atoms with Crippen LogP contribution in [0, 0.1) is 0 Å². The van der Waals surface area contributed by atoms with E-state index in [9.17, 15) is 4.79 Å². The molecule has 0 aliphatic heterocycles. The number of halogens is 1. The third kappa shape index (κ3) is 4.00. The molecule has 2 rings (SSSR count). The number of rotatable bonds is 3. The Bertz CT molecular complexity index is 557. The Morgan fingerprint density at radius 1 is 1.16 bits per heavy atom. The molecule has 0 saturated carbocycles. The first kappa shape index (κ1) is 13.4. The van der Waals surface area contributed by atoms with Gasteiger partial charge in [-0.1, -0.05) is 41.9 Å². The van der Waals surface area contributed by atoms with Gasteiger partial charge in [0.1, 0.15) is 5.75 Å². The van der Waals surface area contributed by atoms with Gasteiger partial charge in [0.15, 0.2) is 0 Å². The molecule has 1 N–H and O–H groups in total. The molecule has 0 aliphatic carbocycles. The van der Waals surface area contributed by atoms with Gasteiger partial charge in [-0.05, 0) is 36.8 Å². The van der Waals surface area contributed by atoms with Crippen LogP contribution in [0.3, 0.4) is 0 Å². The Balaban J connectivity index is 1.95. The average molecular weight is 276 g/mol. The summed E-state index contributed by atoms with van der Waals surface area (Å²) in [5.74, 6) is 0.512. The van der Waals surface area contributed by atoms with Crippen LogP contribution in [-0.2, 0) is 0 Å². The highest BCUT2D eigenvalue weighted by atomic mass is 35.5. The van der Waals surface area contributed by atoms with Crippen molar-refractivity contribution in [3.63, 3.8) is 0 Å². The summed E-state index contributed by atoms with van der Waals surface area (Å²) in [5, 5.41) is 3.39. The largest absolute Gasteiger partial charge is 0.413 e. The first-order valence-electron chi connectivity index (χ1n) is 5.94. The molecular weight excluding hydrogens is 262 g/mol. The standard InChI is InChI=1S/C15H14ClNO2/c1-11(12-6-5-7-13(16)10-12)17-15(18)19-14-8-3-2-4-9-14/h2-11H,1H3,(H,17,18). The quantitative estimate of drug-likeness (QED) is 0.912. The molecule has 0 radical (unpaired) electrons. The minimum Gasteiger partial charge on any atom is -0.410 e. The topological polar surface area (TPSA) is 38.3 Å². The number of benzene rings is 2. The normalized spacial score (nSPS) is 11.7. The minimum absolute atomic E-state index is 0.171. The van der Waals surface area contributed by atoms with Crippen molar-refractivity contribution in [1.29, 1.82) is 0 Å². The molecular formula is C15H14ClNO2. The Hall–Kier alpha value is -2.00. The fourth-order valence-electron chi connectivity index (χ4n) is 1.66. The van der Waals surface area contributed by atoms with Gasteiger partial charge in [-0.15, -0.1) is 0 Å². The van der Waals surface area contributed by atoms with Crippen molar-refractivity contribution < 1.29 is 9.53 Å². The van der Waals surface area contributed by atoms with Crippen molar-refractivity contribution in [1.82, 2.24) is 5.32 Å². The molecule has 3 nitrogen and oxygen atoms in total. The number of amides is 1. The van der Waals surface area contributed by atoms with E-state index in [4.69, 9.17) is 16.3 Å². The van der Waals surface area contributed by atoms with E-state index in [2.05, 4.69) is 5.32 Å². The minimum atomic E-state index is -0.487. The highest BCUT2D eigenvalue weighted by Crippen LogP contribution is 2.17. The van der Waals surface area contributed by atoms with Crippen LogP contribution >= 0.6 is 11.6 Å². The third-order valence-electron chi connectivity index (χ3n) is 2.64. The smallest absolute Gasteiger partial charge is 0.410 e. The van der Waals surface area contributed by atoms with Gasteiger partial charge >= 0.3 is 6.09 Å². The first-order valence-corrected chi connectivity index (χ1v) is 6.32. The average Bonchev–Trinajstić information content (AvgIpc) is 2.39. The van der Waals surface area contributed by atoms with Crippen molar-refractivity contribution in [3.8, 4) is 5.75 Å². The first-order chi connectivity index (χ1) is 9.15. The summed E-state index contributed by atoms with van der Waals surface area (Å²) in [4.78, 5) is 11.7. The second kappa shape index (κ2) is 6.25. The number of nitrogens with one attached hydrogen (secondary N) is 1. The lowest BCUT2D eigenvalue weighted by Crippen LogP contribution is -2.29. The fourth-order valence-corrected chi connectivity index (χ4v) is 1.86. The Labute approximate surface area is 117 Å². The molecule has 0 heterocycles. The molecule has 1 atom stereocenters. The van der Waals surface area contributed by atoms with Gasteiger partial charge in [0.2, 0.25) is 0 Å². The van der Waals surface area contributed by atoms with Crippen LogP contribution in [-0.4, -0.2) is 6.09 Å². The van der Waals surface area contributed by atoms with Gasteiger partial charge in [-0.2, -0.15) is 0 Å². The number of ether oxygens (including phenoxy) is 1. The van der Waals surface area contributed by atoms with Gasteiger partial charge in [-0.3, -0.25) is 0 Å². The molecule has 1 amide bonds. The van der Waals surface area contributed by atoms with E-state index < -0.39 is 6.09 Å². The summed E-state index contributed by atoms with van der Waals surface area (Å²) >= 11 is 5.91. The van der Waals surface area contributed by atoms with Crippen LogP contribution < -0.4 is 10.1 Å². The van der Waals surface area contributed by atoms with E-state index in [1.807, 2.05) is 43.3 Å². The molecule has 0 fully saturated rings. The Morgan fingerprint density at radius 2 is 1.89 bits per heavy atom. The second-order valence-corrected chi connectivity index (χ2v) is 4.56. The number of hydrogen-bond donors (Lipinski definition) is 1. The number of hydrogen-bond acceptors (Lipinski definition) is 2. The predicted octanol–water partition coefficient (Wildman–Crippen LogP) is 4.19. The zero-order valence-corrected chi connectivity index (χ0v) is 11.2. The number of carbonyl (C=O) groups excluding carboxylic acids is 1. The SMILES string of the molecule is CC(NC(=O)Oc1ccccc1)c1cccc(Cl)c1. The van der Waals surface area contributed by atoms with Crippen LogP contribution in [0.5, 0.6) is 5.75 Å². The highest BCUT2D eigenvalue weighted by molar-refractivity contribution is 6.30. The van der Waals surface area contributed by atoms with E-state index in [-0.39, 0.29) is 6.04 Å². The lowest BCUT2D eigenvalue weighted by Gasteiger charge is -2.14. The summed E-state index contributed by atoms with van der Waals surface area (Å²) in [6, 6.07) is 16.1. The van der Waals surface area contributed by atoms with Gasteiger partial charge in [0.25, 0.3) is 0 Å². The monoisotopic (exact) mass is 275 g/mol. The van der Waals surface area contributed by atoms with Crippen molar-refractivity contribution >= 4 is 17.7 Å². The second-order valence-electron chi connectivity index (χ2n) is 4.12. The summed E-state index contributed by atoms with van der Waals surface area (Å²) in [6.07, 6.45) is -0.487. The molecule has 2 aromatic rings. The van der Waals surface area contributed by atoms with E-state index in [1.54, 1.807) is 18.2 Å². The summed E-state index contributed by atoms with van der Waals surface area (Å²) in [6.45, 7) is 1.87. The maximum Gasteiger partial charge on any atom is 0.413 e. The van der Waals surface area contributed by atoms with Gasteiger partial charge in [0, 0.05) is 5.02 Å². The van der Waals surface area contributed by atoms with Crippen molar-refractivity contribution in [2.24, 2.45) is 0 Å². The molecule has 98 valence electrons. The molecule has 4 heteroatoms. The summed E-state index contributed by atoms with van der Waals surface area (Å²) in [5.41, 5.74) is 0.928. The maximum atomic E-state index is 11.7. The zero-order valence-electron chi connectivity index (χ0n) is 10.5. The van der Waals surface area contributed by atoms with Crippen LogP contribution in [0.25, 0.3) is 0 Å². The lowest BCUT2D eigenvalue weighted by molar-refractivity contribution is 0.197. The van der Waals surface area contributed by atoms with E-state index in [1.165, 1.54) is 0 Å². The Morgan fingerprint density at radius 3 is 2.58 bits per heavy atom. The van der Waals surface area contributed by atoms with Gasteiger partial charge in [-0.25, -0.2) is 4.79 Å². The molecule has 2 aromatic carbocycles. The fraction of sp³-hybridized carbons (Fsp3) is 0.133. The molecule has 0 spiro atoms. The lowest BCUT2D eigenvalue weighted by atomic mass is 10.1. The molecule has 0 aromatic heterocycles. The van der Waals surface area contributed by atoms with Gasteiger partial charge < -0.3 is 10.1 Å². The van der Waals surface area contributed by atoms with Crippen LogP contribution in [0.2, 0.25) is 5.02 Å². The van der Waals surface area contributed by atoms with Crippen LogP contribution in [0.1, 0.15) is 18.5 Å². The predicted molar refractivity (Wildman–Crippen MR) is 75.5 cm³/mol. The third-order valence-corrected chi connectivity index (χ3v) is 2.87. The molecule has 0 bridgehead atoms. The van der Waals surface area contributed by atoms with Crippen LogP contribution in [0.15, 0.2) is 54.6 Å². The molecule has 0 saturated heterocycles. The summed E-state index contributed by atoms with van der Waals surface area (Å²) in [7, 11) is 0.